The summed E-state index contributed by atoms with van der Waals surface area (Å²) in [5, 5.41) is 17.1. The van der Waals surface area contributed by atoms with E-state index in [2.05, 4.69) is 31.2 Å². The zero-order valence-electron chi connectivity index (χ0n) is 9.99. The van der Waals surface area contributed by atoms with Gasteiger partial charge in [-0.3, -0.25) is 4.68 Å². The lowest BCUT2D eigenvalue weighted by Gasteiger charge is -2.20. The Kier molecular flexibility index (Phi) is 3.88. The Bertz CT molecular complexity index is 301. The van der Waals surface area contributed by atoms with Crippen molar-refractivity contribution in [1.82, 2.24) is 15.1 Å². The average Bonchev–Trinajstić information content (AvgIpc) is 2.49. The third kappa shape index (κ3) is 4.44. The fourth-order valence-corrected chi connectivity index (χ4v) is 1.31. The van der Waals surface area contributed by atoms with Crippen LogP contribution >= 0.6 is 0 Å². The molecular weight excluding hydrogens is 190 g/mol. The van der Waals surface area contributed by atoms with Crippen molar-refractivity contribution >= 4 is 0 Å². The van der Waals surface area contributed by atoms with Crippen LogP contribution in [0.2, 0.25) is 0 Å². The molecule has 86 valence electrons. The Morgan fingerprint density at radius 1 is 1.53 bits per heavy atom. The molecule has 0 bridgehead atoms. The first-order valence-electron chi connectivity index (χ1n) is 5.26. The third-order valence-electron chi connectivity index (χ3n) is 2.10. The van der Waals surface area contributed by atoms with Crippen LogP contribution in [0.25, 0.3) is 0 Å². The van der Waals surface area contributed by atoms with Crippen LogP contribution in [0.5, 0.6) is 0 Å². The first-order valence-corrected chi connectivity index (χ1v) is 5.26. The summed E-state index contributed by atoms with van der Waals surface area (Å²) in [4.78, 5) is 0. The van der Waals surface area contributed by atoms with Crippen molar-refractivity contribution in [2.75, 3.05) is 13.1 Å². The molecule has 0 aliphatic rings. The molecular formula is C11H21N3O. The van der Waals surface area contributed by atoms with E-state index < -0.39 is 6.10 Å². The van der Waals surface area contributed by atoms with Crippen molar-refractivity contribution in [2.45, 2.75) is 26.9 Å². The van der Waals surface area contributed by atoms with E-state index in [9.17, 15) is 5.11 Å². The van der Waals surface area contributed by atoms with Gasteiger partial charge >= 0.3 is 0 Å². The second-order valence-electron chi connectivity index (χ2n) is 5.15. The second kappa shape index (κ2) is 4.77. The predicted octanol–water partition coefficient (Wildman–Crippen LogP) is 1.09. The number of hydrogen-bond donors (Lipinski definition) is 2. The molecule has 1 aromatic heterocycles. The summed E-state index contributed by atoms with van der Waals surface area (Å²) in [6.07, 6.45) is 3.06. The highest BCUT2D eigenvalue weighted by Gasteiger charge is 2.12. The van der Waals surface area contributed by atoms with Gasteiger partial charge in [-0.1, -0.05) is 20.8 Å². The lowest BCUT2D eigenvalue weighted by atomic mass is 9.97. The van der Waals surface area contributed by atoms with Gasteiger partial charge in [0.1, 0.15) is 0 Å². The molecule has 4 heteroatoms. The summed E-state index contributed by atoms with van der Waals surface area (Å²) < 4.78 is 1.70. The smallest absolute Gasteiger partial charge is 0.0944 e. The molecule has 0 saturated carbocycles. The van der Waals surface area contributed by atoms with Gasteiger partial charge < -0.3 is 10.4 Å². The van der Waals surface area contributed by atoms with Crippen LogP contribution in [-0.4, -0.2) is 28.0 Å². The SMILES string of the molecule is Cn1cc(C(O)CNCC(C)(C)C)cn1. The topological polar surface area (TPSA) is 50.1 Å². The normalized spacial score (nSPS) is 14.2. The van der Waals surface area contributed by atoms with Crippen LogP contribution in [0.1, 0.15) is 32.4 Å². The van der Waals surface area contributed by atoms with E-state index in [0.29, 0.717) is 6.54 Å². The lowest BCUT2D eigenvalue weighted by molar-refractivity contribution is 0.169. The van der Waals surface area contributed by atoms with Gasteiger partial charge in [0.2, 0.25) is 0 Å². The molecule has 2 N–H and O–H groups in total. The van der Waals surface area contributed by atoms with Gasteiger partial charge in [0, 0.05) is 31.9 Å². The summed E-state index contributed by atoms with van der Waals surface area (Å²) in [6, 6.07) is 0. The molecule has 1 heterocycles. The number of hydrogen-bond acceptors (Lipinski definition) is 3. The number of aryl methyl sites for hydroxylation is 1. The maximum atomic E-state index is 9.81. The van der Waals surface area contributed by atoms with Crippen molar-refractivity contribution in [2.24, 2.45) is 12.5 Å². The number of nitrogens with zero attached hydrogens (tertiary/aromatic N) is 2. The number of rotatable bonds is 4. The number of aliphatic hydroxyl groups excluding tert-OH is 1. The molecule has 0 aromatic carbocycles. The van der Waals surface area contributed by atoms with Crippen LogP contribution in [0.4, 0.5) is 0 Å². The largest absolute Gasteiger partial charge is 0.387 e. The number of aromatic nitrogens is 2. The fraction of sp³-hybridized carbons (Fsp3) is 0.727. The minimum absolute atomic E-state index is 0.245. The van der Waals surface area contributed by atoms with E-state index >= 15 is 0 Å². The third-order valence-corrected chi connectivity index (χ3v) is 2.10. The number of nitrogens with one attached hydrogen (secondary N) is 1. The van der Waals surface area contributed by atoms with Gasteiger partial charge in [-0.2, -0.15) is 5.10 Å². The standard InChI is InChI=1S/C11H21N3O/c1-11(2,3)8-12-6-10(15)9-5-13-14(4)7-9/h5,7,10,12,15H,6,8H2,1-4H3. The Labute approximate surface area is 91.3 Å². The fourth-order valence-electron chi connectivity index (χ4n) is 1.31. The molecule has 1 rings (SSSR count). The first-order chi connectivity index (χ1) is 6.88. The van der Waals surface area contributed by atoms with Crippen molar-refractivity contribution < 1.29 is 5.11 Å². The summed E-state index contributed by atoms with van der Waals surface area (Å²) in [6.45, 7) is 7.96. The molecule has 0 spiro atoms. The highest BCUT2D eigenvalue weighted by atomic mass is 16.3. The van der Waals surface area contributed by atoms with E-state index in [0.717, 1.165) is 12.1 Å². The molecule has 0 saturated heterocycles. The molecule has 0 amide bonds. The quantitative estimate of drug-likeness (QED) is 0.784. The van der Waals surface area contributed by atoms with Gasteiger partial charge in [-0.15, -0.1) is 0 Å². The highest BCUT2D eigenvalue weighted by Crippen LogP contribution is 2.13. The van der Waals surface area contributed by atoms with Gasteiger partial charge in [0.05, 0.1) is 12.3 Å². The van der Waals surface area contributed by atoms with Gasteiger partial charge in [0.15, 0.2) is 0 Å². The molecule has 0 fully saturated rings. The number of aliphatic hydroxyl groups is 1. The van der Waals surface area contributed by atoms with Crippen LogP contribution in [-0.2, 0) is 7.05 Å². The van der Waals surface area contributed by atoms with Gasteiger partial charge in [-0.05, 0) is 5.41 Å². The molecule has 0 radical (unpaired) electrons. The summed E-state index contributed by atoms with van der Waals surface area (Å²) >= 11 is 0. The minimum atomic E-state index is -0.471. The maximum Gasteiger partial charge on any atom is 0.0944 e. The van der Waals surface area contributed by atoms with Gasteiger partial charge in [0.25, 0.3) is 0 Å². The van der Waals surface area contributed by atoms with Gasteiger partial charge in [-0.25, -0.2) is 0 Å². The molecule has 15 heavy (non-hydrogen) atoms. The van der Waals surface area contributed by atoms with Crippen LogP contribution in [0.3, 0.4) is 0 Å². The molecule has 0 aliphatic heterocycles. The molecule has 1 atom stereocenters. The van der Waals surface area contributed by atoms with Crippen LogP contribution in [0.15, 0.2) is 12.4 Å². The minimum Gasteiger partial charge on any atom is -0.387 e. The van der Waals surface area contributed by atoms with E-state index in [1.807, 2.05) is 13.2 Å². The van der Waals surface area contributed by atoms with E-state index in [4.69, 9.17) is 0 Å². The Hall–Kier alpha value is -0.870. The second-order valence-corrected chi connectivity index (χ2v) is 5.15. The van der Waals surface area contributed by atoms with Crippen molar-refractivity contribution in [1.29, 1.82) is 0 Å². The Morgan fingerprint density at radius 3 is 2.67 bits per heavy atom. The summed E-state index contributed by atoms with van der Waals surface area (Å²) in [5.74, 6) is 0. The summed E-state index contributed by atoms with van der Waals surface area (Å²) in [5.41, 5.74) is 1.10. The zero-order valence-corrected chi connectivity index (χ0v) is 9.99. The van der Waals surface area contributed by atoms with Crippen LogP contribution < -0.4 is 5.32 Å². The van der Waals surface area contributed by atoms with E-state index in [-0.39, 0.29) is 5.41 Å². The Balaban J connectivity index is 2.34. The predicted molar refractivity (Wildman–Crippen MR) is 60.5 cm³/mol. The van der Waals surface area contributed by atoms with Crippen molar-refractivity contribution in [3.63, 3.8) is 0 Å². The molecule has 0 aliphatic carbocycles. The lowest BCUT2D eigenvalue weighted by Crippen LogP contribution is -2.30. The van der Waals surface area contributed by atoms with Crippen LogP contribution in [0, 0.1) is 5.41 Å². The molecule has 4 nitrogen and oxygen atoms in total. The van der Waals surface area contributed by atoms with E-state index in [1.165, 1.54) is 0 Å². The maximum absolute atomic E-state index is 9.81. The average molecular weight is 211 g/mol. The zero-order chi connectivity index (χ0) is 11.5. The molecule has 1 unspecified atom stereocenters. The monoisotopic (exact) mass is 211 g/mol. The highest BCUT2D eigenvalue weighted by molar-refractivity contribution is 5.07. The molecule has 1 aromatic rings. The van der Waals surface area contributed by atoms with Crippen molar-refractivity contribution in [3.05, 3.63) is 18.0 Å². The summed E-state index contributed by atoms with van der Waals surface area (Å²) in [7, 11) is 1.85. The van der Waals surface area contributed by atoms with E-state index in [1.54, 1.807) is 10.9 Å². The Morgan fingerprint density at radius 2 is 2.20 bits per heavy atom. The first kappa shape index (κ1) is 12.2. The van der Waals surface area contributed by atoms with Crippen molar-refractivity contribution in [3.8, 4) is 0 Å².